The molecule has 0 aromatic heterocycles. The Morgan fingerprint density at radius 1 is 1.58 bits per heavy atom. The Labute approximate surface area is 78.6 Å². The fourth-order valence-corrected chi connectivity index (χ4v) is 1.74. The van der Waals surface area contributed by atoms with Crippen molar-refractivity contribution in [3.8, 4) is 0 Å². The smallest absolute Gasteiger partial charge is 0.0580 e. The maximum atomic E-state index is 9.46. The van der Waals surface area contributed by atoms with Gasteiger partial charge in [-0.25, -0.2) is 0 Å². The minimum atomic E-state index is -0.110. The summed E-state index contributed by atoms with van der Waals surface area (Å²) >= 11 is 5.58. The third-order valence-corrected chi connectivity index (χ3v) is 2.48. The van der Waals surface area contributed by atoms with Gasteiger partial charge in [0.25, 0.3) is 0 Å². The quantitative estimate of drug-likeness (QED) is 0.703. The second kappa shape index (κ2) is 4.85. The molecule has 0 amide bonds. The normalized spacial score (nSPS) is 29.2. The number of aliphatic hydroxyl groups is 1. The van der Waals surface area contributed by atoms with Crippen LogP contribution in [0.5, 0.6) is 0 Å². The van der Waals surface area contributed by atoms with Crippen LogP contribution >= 0.6 is 11.6 Å². The minimum Gasteiger partial charge on any atom is -0.393 e. The molecule has 2 unspecified atom stereocenters. The summed E-state index contributed by atoms with van der Waals surface area (Å²) in [4.78, 5) is 0. The van der Waals surface area contributed by atoms with Crippen LogP contribution in [-0.4, -0.2) is 24.3 Å². The van der Waals surface area contributed by atoms with E-state index in [2.05, 4.69) is 11.9 Å². The maximum Gasteiger partial charge on any atom is 0.0580 e. The van der Waals surface area contributed by atoms with Gasteiger partial charge in [-0.3, -0.25) is 0 Å². The summed E-state index contributed by atoms with van der Waals surface area (Å²) < 4.78 is 0. The molecule has 0 aromatic rings. The predicted molar refractivity (Wildman–Crippen MR) is 51.2 cm³/mol. The van der Waals surface area contributed by atoms with Gasteiger partial charge >= 0.3 is 0 Å². The number of hydrogen-bond acceptors (Lipinski definition) is 2. The van der Waals surface area contributed by atoms with Crippen LogP contribution in [0.25, 0.3) is 0 Å². The standard InChI is InChI=1S/C9H16ClNO/c1-7(10)5-11-6-8-3-2-4-9(8)12/h8-9,11-12H,1-6H2. The average Bonchev–Trinajstić information content (AvgIpc) is 2.36. The van der Waals surface area contributed by atoms with Crippen LogP contribution in [0.3, 0.4) is 0 Å². The molecule has 2 N–H and O–H groups in total. The molecule has 0 radical (unpaired) electrons. The lowest BCUT2D eigenvalue weighted by Gasteiger charge is -2.14. The van der Waals surface area contributed by atoms with Crippen molar-refractivity contribution >= 4 is 11.6 Å². The van der Waals surface area contributed by atoms with E-state index in [4.69, 9.17) is 11.6 Å². The largest absolute Gasteiger partial charge is 0.393 e. The van der Waals surface area contributed by atoms with Gasteiger partial charge in [0.1, 0.15) is 0 Å². The van der Waals surface area contributed by atoms with Crippen molar-refractivity contribution in [3.63, 3.8) is 0 Å². The molecule has 70 valence electrons. The van der Waals surface area contributed by atoms with E-state index in [9.17, 15) is 5.11 Å². The fourth-order valence-electron chi connectivity index (χ4n) is 1.65. The van der Waals surface area contributed by atoms with Gasteiger partial charge in [-0.2, -0.15) is 0 Å². The molecule has 0 saturated heterocycles. The monoisotopic (exact) mass is 189 g/mol. The predicted octanol–water partition coefficient (Wildman–Crippen LogP) is 1.49. The summed E-state index contributed by atoms with van der Waals surface area (Å²) in [7, 11) is 0. The fraction of sp³-hybridized carbons (Fsp3) is 0.778. The number of halogens is 1. The van der Waals surface area contributed by atoms with E-state index in [0.29, 0.717) is 17.5 Å². The molecule has 0 aromatic carbocycles. The molecular formula is C9H16ClNO. The molecule has 0 aliphatic heterocycles. The van der Waals surface area contributed by atoms with E-state index in [1.165, 1.54) is 0 Å². The van der Waals surface area contributed by atoms with E-state index in [1.54, 1.807) is 0 Å². The molecule has 3 heteroatoms. The Kier molecular flexibility index (Phi) is 4.06. The molecule has 0 bridgehead atoms. The van der Waals surface area contributed by atoms with E-state index in [-0.39, 0.29) is 6.10 Å². The number of hydrogen-bond donors (Lipinski definition) is 2. The molecule has 2 nitrogen and oxygen atoms in total. The highest BCUT2D eigenvalue weighted by Crippen LogP contribution is 2.24. The lowest BCUT2D eigenvalue weighted by Crippen LogP contribution is -2.28. The Balaban J connectivity index is 2.10. The van der Waals surface area contributed by atoms with Crippen molar-refractivity contribution in [3.05, 3.63) is 11.6 Å². The first kappa shape index (κ1) is 10.0. The van der Waals surface area contributed by atoms with Crippen molar-refractivity contribution in [2.75, 3.05) is 13.1 Å². The maximum absolute atomic E-state index is 9.46. The van der Waals surface area contributed by atoms with Gasteiger partial charge in [0.15, 0.2) is 0 Å². The molecule has 1 saturated carbocycles. The Morgan fingerprint density at radius 2 is 2.33 bits per heavy atom. The zero-order valence-corrected chi connectivity index (χ0v) is 7.98. The first-order chi connectivity index (χ1) is 5.70. The zero-order valence-electron chi connectivity index (χ0n) is 7.22. The molecule has 0 spiro atoms. The molecule has 1 aliphatic rings. The summed E-state index contributed by atoms with van der Waals surface area (Å²) in [5, 5.41) is 13.3. The summed E-state index contributed by atoms with van der Waals surface area (Å²) in [6, 6.07) is 0. The van der Waals surface area contributed by atoms with Gasteiger partial charge in [0.05, 0.1) is 6.10 Å². The second-order valence-corrected chi connectivity index (χ2v) is 3.94. The highest BCUT2D eigenvalue weighted by molar-refractivity contribution is 6.29. The van der Waals surface area contributed by atoms with Crippen LogP contribution in [0.1, 0.15) is 19.3 Å². The van der Waals surface area contributed by atoms with Crippen LogP contribution in [0.2, 0.25) is 0 Å². The Bertz CT molecular complexity index is 161. The highest BCUT2D eigenvalue weighted by Gasteiger charge is 2.24. The first-order valence-electron chi connectivity index (χ1n) is 4.42. The van der Waals surface area contributed by atoms with E-state index < -0.39 is 0 Å². The van der Waals surface area contributed by atoms with Crippen molar-refractivity contribution < 1.29 is 5.11 Å². The van der Waals surface area contributed by atoms with Gasteiger partial charge in [0.2, 0.25) is 0 Å². The Morgan fingerprint density at radius 3 is 2.83 bits per heavy atom. The van der Waals surface area contributed by atoms with E-state index in [1.807, 2.05) is 0 Å². The van der Waals surface area contributed by atoms with E-state index >= 15 is 0 Å². The lowest BCUT2D eigenvalue weighted by molar-refractivity contribution is 0.132. The molecule has 0 heterocycles. The molecule has 2 atom stereocenters. The summed E-state index contributed by atoms with van der Waals surface area (Å²) in [5.41, 5.74) is 0. The third kappa shape index (κ3) is 3.13. The molecule has 12 heavy (non-hydrogen) atoms. The van der Waals surface area contributed by atoms with Gasteiger partial charge in [-0.05, 0) is 18.8 Å². The summed E-state index contributed by atoms with van der Waals surface area (Å²) in [6.07, 6.45) is 3.12. The third-order valence-electron chi connectivity index (χ3n) is 2.34. The molecule has 1 rings (SSSR count). The second-order valence-electron chi connectivity index (χ2n) is 3.41. The highest BCUT2D eigenvalue weighted by atomic mass is 35.5. The number of nitrogens with one attached hydrogen (secondary N) is 1. The van der Waals surface area contributed by atoms with E-state index in [0.717, 1.165) is 25.8 Å². The van der Waals surface area contributed by atoms with Crippen LogP contribution in [0.15, 0.2) is 11.6 Å². The van der Waals surface area contributed by atoms with Gasteiger partial charge in [-0.15, -0.1) is 0 Å². The lowest BCUT2D eigenvalue weighted by atomic mass is 10.1. The molecule has 1 aliphatic carbocycles. The molecular weight excluding hydrogens is 174 g/mol. The molecule has 1 fully saturated rings. The van der Waals surface area contributed by atoms with Crippen molar-refractivity contribution in [2.45, 2.75) is 25.4 Å². The van der Waals surface area contributed by atoms with Crippen LogP contribution in [0, 0.1) is 5.92 Å². The van der Waals surface area contributed by atoms with Gasteiger partial charge in [-0.1, -0.05) is 24.6 Å². The first-order valence-corrected chi connectivity index (χ1v) is 4.80. The van der Waals surface area contributed by atoms with Gasteiger partial charge < -0.3 is 10.4 Å². The van der Waals surface area contributed by atoms with Crippen LogP contribution in [-0.2, 0) is 0 Å². The number of rotatable bonds is 4. The Hall–Kier alpha value is -0.0500. The van der Waals surface area contributed by atoms with Crippen LogP contribution in [0.4, 0.5) is 0 Å². The summed E-state index contributed by atoms with van der Waals surface area (Å²) in [5.74, 6) is 0.418. The number of aliphatic hydroxyl groups excluding tert-OH is 1. The summed E-state index contributed by atoms with van der Waals surface area (Å²) in [6.45, 7) is 5.08. The van der Waals surface area contributed by atoms with Gasteiger partial charge in [0, 0.05) is 18.1 Å². The van der Waals surface area contributed by atoms with Crippen molar-refractivity contribution in [1.82, 2.24) is 5.32 Å². The van der Waals surface area contributed by atoms with Crippen molar-refractivity contribution in [2.24, 2.45) is 5.92 Å². The van der Waals surface area contributed by atoms with Crippen LogP contribution < -0.4 is 5.32 Å². The minimum absolute atomic E-state index is 0.110. The SMILES string of the molecule is C=C(Cl)CNCC1CCCC1O. The van der Waals surface area contributed by atoms with Crippen molar-refractivity contribution in [1.29, 1.82) is 0 Å². The average molecular weight is 190 g/mol. The zero-order chi connectivity index (χ0) is 8.97. The topological polar surface area (TPSA) is 32.3 Å².